The minimum absolute atomic E-state index is 0.0957. The second kappa shape index (κ2) is 7.48. The van der Waals surface area contributed by atoms with Crippen molar-refractivity contribution in [2.75, 3.05) is 20.3 Å². The molecule has 3 N–H and O–H groups in total. The van der Waals surface area contributed by atoms with Gasteiger partial charge in [-0.2, -0.15) is 0 Å². The number of methoxy groups -OCH3 is 1. The predicted octanol–water partition coefficient (Wildman–Crippen LogP) is 1.71. The molecule has 1 rings (SSSR count). The molecule has 0 saturated carbocycles. The summed E-state index contributed by atoms with van der Waals surface area (Å²) < 4.78 is 5.40. The molecule has 0 saturated heterocycles. The van der Waals surface area contributed by atoms with Gasteiger partial charge in [-0.15, -0.1) is 0 Å². The lowest BCUT2D eigenvalue weighted by atomic mass is 9.97. The van der Waals surface area contributed by atoms with Crippen molar-refractivity contribution in [2.45, 2.75) is 39.3 Å². The Balaban J connectivity index is 2.88. The molecule has 1 aromatic carbocycles. The molecule has 4 nitrogen and oxygen atoms in total. The highest BCUT2D eigenvalue weighted by molar-refractivity contribution is 5.45. The minimum atomic E-state index is -0.632. The second-order valence-corrected chi connectivity index (χ2v) is 4.97. The molecule has 0 aliphatic rings. The first-order valence-corrected chi connectivity index (χ1v) is 6.68. The van der Waals surface area contributed by atoms with Crippen molar-refractivity contribution in [3.63, 3.8) is 0 Å². The van der Waals surface area contributed by atoms with Crippen LogP contribution < -0.4 is 10.1 Å². The smallest absolute Gasteiger partial charge is 0.127 e. The van der Waals surface area contributed by atoms with Crippen molar-refractivity contribution in [1.29, 1.82) is 0 Å². The highest BCUT2D eigenvalue weighted by Gasteiger charge is 2.21. The van der Waals surface area contributed by atoms with Gasteiger partial charge >= 0.3 is 0 Å². The van der Waals surface area contributed by atoms with E-state index in [4.69, 9.17) is 9.84 Å². The number of ether oxygens (including phenoxy) is 1. The predicted molar refractivity (Wildman–Crippen MR) is 76.6 cm³/mol. The summed E-state index contributed by atoms with van der Waals surface area (Å²) in [5, 5.41) is 22.4. The fraction of sp³-hybridized carbons (Fsp3) is 0.600. The molecule has 2 atom stereocenters. The van der Waals surface area contributed by atoms with Gasteiger partial charge in [0, 0.05) is 18.2 Å². The average Bonchev–Trinajstić information content (AvgIpc) is 2.37. The summed E-state index contributed by atoms with van der Waals surface area (Å²) in [5.41, 5.74) is 2.94. The Labute approximate surface area is 115 Å². The molecule has 2 unspecified atom stereocenters. The molecular formula is C15H25NO3. The maximum atomic E-state index is 10.4. The van der Waals surface area contributed by atoms with Crippen LogP contribution in [0.1, 0.15) is 36.1 Å². The van der Waals surface area contributed by atoms with E-state index in [9.17, 15) is 5.11 Å². The summed E-state index contributed by atoms with van der Waals surface area (Å²) >= 11 is 0. The van der Waals surface area contributed by atoms with Crippen molar-refractivity contribution in [3.05, 3.63) is 28.8 Å². The fourth-order valence-electron chi connectivity index (χ4n) is 2.28. The molecular weight excluding hydrogens is 242 g/mol. The van der Waals surface area contributed by atoms with Crippen LogP contribution in [-0.4, -0.2) is 36.5 Å². The molecule has 19 heavy (non-hydrogen) atoms. The highest BCUT2D eigenvalue weighted by Crippen LogP contribution is 2.31. The standard InChI is InChI=1S/C15H25NO3/c1-10-8-11(2)15(19-4)13(9-10)14(18)12(3)16-6-5-7-17/h8-9,12,14,16-18H,5-7H2,1-4H3. The van der Waals surface area contributed by atoms with Crippen LogP contribution in [0.5, 0.6) is 5.75 Å². The van der Waals surface area contributed by atoms with Crippen LogP contribution >= 0.6 is 0 Å². The number of aliphatic hydroxyl groups is 2. The summed E-state index contributed by atoms with van der Waals surface area (Å²) in [6.07, 6.45) is 0.0494. The van der Waals surface area contributed by atoms with E-state index in [0.29, 0.717) is 13.0 Å². The Kier molecular flexibility index (Phi) is 6.28. The Morgan fingerprint density at radius 3 is 2.58 bits per heavy atom. The average molecular weight is 267 g/mol. The van der Waals surface area contributed by atoms with Crippen LogP contribution in [0, 0.1) is 13.8 Å². The van der Waals surface area contributed by atoms with E-state index in [-0.39, 0.29) is 12.6 Å². The van der Waals surface area contributed by atoms with Crippen LogP contribution in [-0.2, 0) is 0 Å². The first-order valence-electron chi connectivity index (χ1n) is 6.68. The van der Waals surface area contributed by atoms with Crippen molar-refractivity contribution in [2.24, 2.45) is 0 Å². The van der Waals surface area contributed by atoms with E-state index in [0.717, 1.165) is 22.4 Å². The third kappa shape index (κ3) is 4.20. The van der Waals surface area contributed by atoms with Gasteiger partial charge in [-0.05, 0) is 45.4 Å². The van der Waals surface area contributed by atoms with Crippen LogP contribution in [0.2, 0.25) is 0 Å². The van der Waals surface area contributed by atoms with Crippen molar-refractivity contribution >= 4 is 0 Å². The van der Waals surface area contributed by atoms with Gasteiger partial charge in [0.15, 0.2) is 0 Å². The number of rotatable bonds is 7. The maximum absolute atomic E-state index is 10.4. The topological polar surface area (TPSA) is 61.7 Å². The van der Waals surface area contributed by atoms with Gasteiger partial charge in [0.05, 0.1) is 13.2 Å². The summed E-state index contributed by atoms with van der Waals surface area (Å²) in [6, 6.07) is 3.90. The lowest BCUT2D eigenvalue weighted by Crippen LogP contribution is -2.33. The van der Waals surface area contributed by atoms with E-state index in [1.807, 2.05) is 32.9 Å². The number of hydrogen-bond acceptors (Lipinski definition) is 4. The largest absolute Gasteiger partial charge is 0.496 e. The lowest BCUT2D eigenvalue weighted by molar-refractivity contribution is 0.131. The Bertz CT molecular complexity index is 407. The summed E-state index contributed by atoms with van der Waals surface area (Å²) in [7, 11) is 1.62. The maximum Gasteiger partial charge on any atom is 0.127 e. The fourth-order valence-corrected chi connectivity index (χ4v) is 2.28. The van der Waals surface area contributed by atoms with E-state index in [1.54, 1.807) is 7.11 Å². The zero-order valence-corrected chi connectivity index (χ0v) is 12.2. The van der Waals surface area contributed by atoms with Crippen molar-refractivity contribution in [3.8, 4) is 5.75 Å². The molecule has 1 aromatic rings. The molecule has 0 fully saturated rings. The second-order valence-electron chi connectivity index (χ2n) is 4.97. The molecule has 0 aromatic heterocycles. The summed E-state index contributed by atoms with van der Waals surface area (Å²) in [6.45, 7) is 6.75. The Morgan fingerprint density at radius 1 is 1.32 bits per heavy atom. The van der Waals surface area contributed by atoms with Crippen LogP contribution in [0.25, 0.3) is 0 Å². The molecule has 0 aliphatic carbocycles. The Hall–Kier alpha value is -1.10. The molecule has 0 amide bonds. The molecule has 0 bridgehead atoms. The molecule has 0 heterocycles. The van der Waals surface area contributed by atoms with Gasteiger partial charge < -0.3 is 20.3 Å². The van der Waals surface area contributed by atoms with Gasteiger partial charge in [0.2, 0.25) is 0 Å². The zero-order chi connectivity index (χ0) is 14.4. The highest BCUT2D eigenvalue weighted by atomic mass is 16.5. The number of hydrogen-bond donors (Lipinski definition) is 3. The van der Waals surface area contributed by atoms with Crippen molar-refractivity contribution in [1.82, 2.24) is 5.32 Å². The quantitative estimate of drug-likeness (QED) is 0.658. The molecule has 108 valence electrons. The molecule has 0 aliphatic heterocycles. The van der Waals surface area contributed by atoms with Crippen LogP contribution in [0.4, 0.5) is 0 Å². The number of benzene rings is 1. The van der Waals surface area contributed by atoms with E-state index < -0.39 is 6.10 Å². The monoisotopic (exact) mass is 267 g/mol. The van der Waals surface area contributed by atoms with Gasteiger partial charge in [-0.1, -0.05) is 11.6 Å². The molecule has 0 radical (unpaired) electrons. The van der Waals surface area contributed by atoms with Crippen molar-refractivity contribution < 1.29 is 14.9 Å². The van der Waals surface area contributed by atoms with E-state index in [1.165, 1.54) is 0 Å². The normalized spacial score (nSPS) is 14.2. The lowest BCUT2D eigenvalue weighted by Gasteiger charge is -2.23. The molecule has 0 spiro atoms. The van der Waals surface area contributed by atoms with Crippen LogP contribution in [0.3, 0.4) is 0 Å². The zero-order valence-electron chi connectivity index (χ0n) is 12.2. The Morgan fingerprint density at radius 2 is 2.00 bits per heavy atom. The van der Waals surface area contributed by atoms with E-state index >= 15 is 0 Å². The van der Waals surface area contributed by atoms with Gasteiger partial charge in [0.1, 0.15) is 5.75 Å². The SMILES string of the molecule is COc1c(C)cc(C)cc1C(O)C(C)NCCCO. The minimum Gasteiger partial charge on any atom is -0.496 e. The van der Waals surface area contributed by atoms with Gasteiger partial charge in [-0.3, -0.25) is 0 Å². The number of nitrogens with one attached hydrogen (secondary N) is 1. The third-order valence-electron chi connectivity index (χ3n) is 3.25. The van der Waals surface area contributed by atoms with Gasteiger partial charge in [0.25, 0.3) is 0 Å². The number of aliphatic hydroxyl groups excluding tert-OH is 2. The first kappa shape index (κ1) is 16.0. The molecule has 4 heteroatoms. The van der Waals surface area contributed by atoms with Crippen LogP contribution in [0.15, 0.2) is 12.1 Å². The van der Waals surface area contributed by atoms with Gasteiger partial charge in [-0.25, -0.2) is 0 Å². The first-order chi connectivity index (χ1) is 9.01. The third-order valence-corrected chi connectivity index (χ3v) is 3.25. The van der Waals surface area contributed by atoms with E-state index in [2.05, 4.69) is 5.32 Å². The number of aryl methyl sites for hydroxylation is 2. The summed E-state index contributed by atoms with van der Waals surface area (Å²) in [5.74, 6) is 0.744. The summed E-state index contributed by atoms with van der Waals surface area (Å²) in [4.78, 5) is 0.